The summed E-state index contributed by atoms with van der Waals surface area (Å²) in [5.41, 5.74) is 2.37. The SMILES string of the molecule is Cc1ccc(NCCc2nc(C3CCCOC3)no2)cc1. The van der Waals surface area contributed by atoms with Crippen LogP contribution < -0.4 is 5.32 Å². The zero-order chi connectivity index (χ0) is 14.5. The molecule has 1 fully saturated rings. The van der Waals surface area contributed by atoms with Crippen LogP contribution in [0.1, 0.15) is 36.0 Å². The minimum Gasteiger partial charge on any atom is -0.385 e. The van der Waals surface area contributed by atoms with Crippen molar-refractivity contribution in [2.24, 2.45) is 0 Å². The highest BCUT2D eigenvalue weighted by atomic mass is 16.5. The van der Waals surface area contributed by atoms with Crippen molar-refractivity contribution >= 4 is 5.69 Å². The third-order valence-electron chi connectivity index (χ3n) is 3.73. The summed E-state index contributed by atoms with van der Waals surface area (Å²) in [5.74, 6) is 1.77. The molecular weight excluding hydrogens is 266 g/mol. The Balaban J connectivity index is 1.49. The van der Waals surface area contributed by atoms with E-state index in [1.807, 2.05) is 0 Å². The summed E-state index contributed by atoms with van der Waals surface area (Å²) in [5, 5.41) is 7.44. The normalized spacial score (nSPS) is 18.6. The highest BCUT2D eigenvalue weighted by Gasteiger charge is 2.21. The highest BCUT2D eigenvalue weighted by Crippen LogP contribution is 2.22. The molecule has 2 heterocycles. The lowest BCUT2D eigenvalue weighted by Crippen LogP contribution is -2.16. The third kappa shape index (κ3) is 3.82. The van der Waals surface area contributed by atoms with E-state index >= 15 is 0 Å². The lowest BCUT2D eigenvalue weighted by Gasteiger charge is -2.18. The van der Waals surface area contributed by atoms with Gasteiger partial charge in [0.15, 0.2) is 5.82 Å². The van der Waals surface area contributed by atoms with Gasteiger partial charge in [-0.2, -0.15) is 4.98 Å². The molecule has 1 atom stereocenters. The molecule has 0 amide bonds. The summed E-state index contributed by atoms with van der Waals surface area (Å²) >= 11 is 0. The van der Waals surface area contributed by atoms with Crippen LogP contribution in [0.3, 0.4) is 0 Å². The zero-order valence-electron chi connectivity index (χ0n) is 12.3. The Kier molecular flexibility index (Phi) is 4.50. The van der Waals surface area contributed by atoms with Gasteiger partial charge in [0.25, 0.3) is 0 Å². The number of rotatable bonds is 5. The predicted molar refractivity (Wildman–Crippen MR) is 80.5 cm³/mol. The summed E-state index contributed by atoms with van der Waals surface area (Å²) in [6.45, 7) is 4.42. The van der Waals surface area contributed by atoms with Crippen molar-refractivity contribution in [1.29, 1.82) is 0 Å². The van der Waals surface area contributed by atoms with Gasteiger partial charge >= 0.3 is 0 Å². The van der Waals surface area contributed by atoms with Crippen molar-refractivity contribution in [3.05, 3.63) is 41.5 Å². The summed E-state index contributed by atoms with van der Waals surface area (Å²) < 4.78 is 10.8. The van der Waals surface area contributed by atoms with Gasteiger partial charge in [-0.1, -0.05) is 22.9 Å². The minimum absolute atomic E-state index is 0.293. The van der Waals surface area contributed by atoms with Gasteiger partial charge < -0.3 is 14.6 Å². The van der Waals surface area contributed by atoms with E-state index in [2.05, 4.69) is 46.6 Å². The van der Waals surface area contributed by atoms with Gasteiger partial charge in [0.05, 0.1) is 6.61 Å². The molecule has 5 nitrogen and oxygen atoms in total. The fraction of sp³-hybridized carbons (Fsp3) is 0.500. The van der Waals surface area contributed by atoms with Crippen LogP contribution in [0.4, 0.5) is 5.69 Å². The van der Waals surface area contributed by atoms with Gasteiger partial charge in [0.1, 0.15) is 0 Å². The van der Waals surface area contributed by atoms with Gasteiger partial charge in [0.2, 0.25) is 5.89 Å². The van der Waals surface area contributed by atoms with Crippen LogP contribution in [-0.4, -0.2) is 29.9 Å². The molecule has 3 rings (SSSR count). The first kappa shape index (κ1) is 14.1. The van der Waals surface area contributed by atoms with Crippen LogP contribution in [0.2, 0.25) is 0 Å². The molecule has 1 aromatic carbocycles. The number of anilines is 1. The van der Waals surface area contributed by atoms with E-state index in [-0.39, 0.29) is 0 Å². The van der Waals surface area contributed by atoms with Crippen LogP contribution in [0, 0.1) is 6.92 Å². The first-order valence-electron chi connectivity index (χ1n) is 7.52. The molecule has 112 valence electrons. The van der Waals surface area contributed by atoms with Crippen molar-refractivity contribution in [2.75, 3.05) is 25.1 Å². The number of hydrogen-bond acceptors (Lipinski definition) is 5. The van der Waals surface area contributed by atoms with Crippen molar-refractivity contribution < 1.29 is 9.26 Å². The first-order chi connectivity index (χ1) is 10.3. The van der Waals surface area contributed by atoms with Gasteiger partial charge in [-0.25, -0.2) is 0 Å². The smallest absolute Gasteiger partial charge is 0.228 e. The maximum absolute atomic E-state index is 5.46. The fourth-order valence-corrected chi connectivity index (χ4v) is 2.46. The van der Waals surface area contributed by atoms with E-state index in [1.165, 1.54) is 5.56 Å². The van der Waals surface area contributed by atoms with Gasteiger partial charge in [-0.15, -0.1) is 0 Å². The van der Waals surface area contributed by atoms with Crippen molar-refractivity contribution in [3.63, 3.8) is 0 Å². The van der Waals surface area contributed by atoms with Crippen LogP contribution in [0.25, 0.3) is 0 Å². The van der Waals surface area contributed by atoms with Crippen LogP contribution >= 0.6 is 0 Å². The van der Waals surface area contributed by atoms with Gasteiger partial charge in [-0.3, -0.25) is 0 Å². The molecule has 1 aliphatic rings. The van der Waals surface area contributed by atoms with E-state index in [4.69, 9.17) is 9.26 Å². The fourth-order valence-electron chi connectivity index (χ4n) is 2.46. The monoisotopic (exact) mass is 287 g/mol. The van der Waals surface area contributed by atoms with E-state index in [0.717, 1.165) is 43.9 Å². The summed E-state index contributed by atoms with van der Waals surface area (Å²) in [7, 11) is 0. The van der Waals surface area contributed by atoms with Crippen LogP contribution in [0.15, 0.2) is 28.8 Å². The Labute approximate surface area is 124 Å². The number of hydrogen-bond donors (Lipinski definition) is 1. The number of aromatic nitrogens is 2. The molecule has 1 unspecified atom stereocenters. The molecule has 0 saturated carbocycles. The Morgan fingerprint density at radius 2 is 2.14 bits per heavy atom. The summed E-state index contributed by atoms with van der Waals surface area (Å²) in [6, 6.07) is 8.34. The standard InChI is InChI=1S/C16H21N3O2/c1-12-4-6-14(7-5-12)17-9-8-15-18-16(19-21-15)13-3-2-10-20-11-13/h4-7,13,17H,2-3,8-11H2,1H3. The van der Waals surface area contributed by atoms with Crippen molar-refractivity contribution in [2.45, 2.75) is 32.1 Å². The molecule has 1 aliphatic heterocycles. The summed E-state index contributed by atoms with van der Waals surface area (Å²) in [4.78, 5) is 4.48. The van der Waals surface area contributed by atoms with Gasteiger partial charge in [0, 0.05) is 31.2 Å². The predicted octanol–water partition coefficient (Wildman–Crippen LogP) is 2.93. The third-order valence-corrected chi connectivity index (χ3v) is 3.73. The Morgan fingerprint density at radius 3 is 2.90 bits per heavy atom. The molecule has 21 heavy (non-hydrogen) atoms. The maximum Gasteiger partial charge on any atom is 0.228 e. The van der Waals surface area contributed by atoms with Crippen LogP contribution in [0.5, 0.6) is 0 Å². The second kappa shape index (κ2) is 6.72. The molecule has 0 spiro atoms. The molecule has 2 aromatic rings. The molecule has 1 saturated heterocycles. The zero-order valence-corrected chi connectivity index (χ0v) is 12.3. The molecule has 1 aromatic heterocycles. The second-order valence-electron chi connectivity index (χ2n) is 5.50. The topological polar surface area (TPSA) is 60.2 Å². The van der Waals surface area contributed by atoms with Gasteiger partial charge in [-0.05, 0) is 31.9 Å². The molecule has 0 radical (unpaired) electrons. The molecule has 1 N–H and O–H groups in total. The van der Waals surface area contributed by atoms with Crippen molar-refractivity contribution in [1.82, 2.24) is 10.1 Å². The number of nitrogens with one attached hydrogen (secondary N) is 1. The van der Waals surface area contributed by atoms with E-state index in [9.17, 15) is 0 Å². The van der Waals surface area contributed by atoms with E-state index < -0.39 is 0 Å². The molecule has 0 bridgehead atoms. The minimum atomic E-state index is 0.293. The largest absolute Gasteiger partial charge is 0.385 e. The first-order valence-corrected chi connectivity index (χ1v) is 7.52. The highest BCUT2D eigenvalue weighted by molar-refractivity contribution is 5.44. The lowest BCUT2D eigenvalue weighted by atomic mass is 10.0. The lowest BCUT2D eigenvalue weighted by molar-refractivity contribution is 0.0773. The average molecular weight is 287 g/mol. The number of ether oxygens (including phenoxy) is 1. The Morgan fingerprint density at radius 1 is 1.29 bits per heavy atom. The quantitative estimate of drug-likeness (QED) is 0.916. The van der Waals surface area contributed by atoms with E-state index in [0.29, 0.717) is 18.4 Å². The second-order valence-corrected chi connectivity index (χ2v) is 5.50. The number of benzene rings is 1. The number of nitrogens with zero attached hydrogens (tertiary/aromatic N) is 2. The molecule has 5 heteroatoms. The maximum atomic E-state index is 5.46. The number of aryl methyl sites for hydroxylation is 1. The Bertz CT molecular complexity index is 559. The summed E-state index contributed by atoms with van der Waals surface area (Å²) in [6.07, 6.45) is 2.89. The van der Waals surface area contributed by atoms with E-state index in [1.54, 1.807) is 0 Å². The van der Waals surface area contributed by atoms with Crippen molar-refractivity contribution in [3.8, 4) is 0 Å². The average Bonchev–Trinajstić information content (AvgIpc) is 2.99. The van der Waals surface area contributed by atoms with Crippen LogP contribution in [-0.2, 0) is 11.2 Å². The molecule has 0 aliphatic carbocycles. The molecular formula is C16H21N3O2. The Hall–Kier alpha value is -1.88.